The molecule has 128 valence electrons. The van der Waals surface area contributed by atoms with Crippen molar-refractivity contribution in [3.63, 3.8) is 0 Å². The highest BCUT2D eigenvalue weighted by Gasteiger charge is 2.29. The fourth-order valence-corrected chi connectivity index (χ4v) is 3.07. The first kappa shape index (κ1) is 20.9. The number of rotatable bonds is 14. The zero-order chi connectivity index (χ0) is 16.2. The van der Waals surface area contributed by atoms with Gasteiger partial charge < -0.3 is 10.5 Å². The Bertz CT molecular complexity index is 218. The number of nitrogens with two attached hydrogens (primary N) is 1. The highest BCUT2D eigenvalue weighted by Crippen LogP contribution is 2.29. The molecule has 0 amide bonds. The second-order valence-electron chi connectivity index (χ2n) is 7.48. The van der Waals surface area contributed by atoms with Gasteiger partial charge in [-0.05, 0) is 33.6 Å². The van der Waals surface area contributed by atoms with Gasteiger partial charge in [0.2, 0.25) is 0 Å². The van der Waals surface area contributed by atoms with Gasteiger partial charge in [0.15, 0.2) is 0 Å². The number of unbranched alkanes of at least 4 members (excludes halogenated alkanes) is 8. The first-order chi connectivity index (χ1) is 9.83. The molecule has 0 spiro atoms. The molecule has 0 bridgehead atoms. The van der Waals surface area contributed by atoms with Crippen molar-refractivity contribution in [3.05, 3.63) is 0 Å². The summed E-state index contributed by atoms with van der Waals surface area (Å²) in [5.74, 6) is 0. The van der Waals surface area contributed by atoms with E-state index >= 15 is 0 Å². The van der Waals surface area contributed by atoms with Gasteiger partial charge in [-0.2, -0.15) is 0 Å². The molecule has 0 radical (unpaired) electrons. The van der Waals surface area contributed by atoms with Crippen molar-refractivity contribution in [3.8, 4) is 0 Å². The van der Waals surface area contributed by atoms with E-state index in [1.807, 2.05) is 13.8 Å². The quantitative estimate of drug-likeness (QED) is 0.307. The molecule has 0 aliphatic carbocycles. The van der Waals surface area contributed by atoms with Gasteiger partial charge in [0.1, 0.15) is 5.72 Å². The summed E-state index contributed by atoms with van der Waals surface area (Å²) < 4.78 is 6.22. The van der Waals surface area contributed by atoms with Crippen molar-refractivity contribution in [1.29, 1.82) is 0 Å². The molecule has 0 aromatic rings. The Hall–Kier alpha value is -0.0800. The van der Waals surface area contributed by atoms with E-state index in [2.05, 4.69) is 20.8 Å². The minimum Gasteiger partial charge on any atom is -0.355 e. The van der Waals surface area contributed by atoms with Crippen LogP contribution in [0.1, 0.15) is 112 Å². The van der Waals surface area contributed by atoms with Gasteiger partial charge >= 0.3 is 0 Å². The van der Waals surface area contributed by atoms with Crippen LogP contribution in [-0.4, -0.2) is 11.3 Å². The SMILES string of the molecule is CCCCCCCC(C)(CCCCCCC)OC(C)(C)N. The average Bonchev–Trinajstić information content (AvgIpc) is 2.36. The fourth-order valence-electron chi connectivity index (χ4n) is 3.07. The van der Waals surface area contributed by atoms with E-state index in [0.29, 0.717) is 0 Å². The summed E-state index contributed by atoms with van der Waals surface area (Å²) in [5.41, 5.74) is 5.53. The van der Waals surface area contributed by atoms with Gasteiger partial charge in [-0.25, -0.2) is 0 Å². The zero-order valence-electron chi connectivity index (χ0n) is 15.5. The standard InChI is InChI=1S/C19H41NO/c1-6-8-10-12-14-16-19(5,21-18(3,4)20)17-15-13-11-9-7-2/h6-17,20H2,1-5H3. The normalized spacial score (nSPS) is 12.9. The van der Waals surface area contributed by atoms with Gasteiger partial charge in [-0.15, -0.1) is 0 Å². The zero-order valence-corrected chi connectivity index (χ0v) is 15.5. The summed E-state index contributed by atoms with van der Waals surface area (Å²) in [7, 11) is 0. The average molecular weight is 300 g/mol. The Kier molecular flexibility index (Phi) is 11.4. The molecule has 2 N–H and O–H groups in total. The lowest BCUT2D eigenvalue weighted by Crippen LogP contribution is -2.45. The van der Waals surface area contributed by atoms with Crippen molar-refractivity contribution in [2.24, 2.45) is 5.73 Å². The minimum absolute atomic E-state index is 0.0450. The van der Waals surface area contributed by atoms with E-state index in [4.69, 9.17) is 10.5 Å². The number of hydrogen-bond donors (Lipinski definition) is 1. The van der Waals surface area contributed by atoms with E-state index in [1.54, 1.807) is 0 Å². The molecule has 0 rings (SSSR count). The smallest absolute Gasteiger partial charge is 0.111 e. The monoisotopic (exact) mass is 299 g/mol. The second kappa shape index (κ2) is 11.5. The van der Waals surface area contributed by atoms with Crippen LogP contribution in [-0.2, 0) is 4.74 Å². The van der Waals surface area contributed by atoms with E-state index in [0.717, 1.165) is 12.8 Å². The molecule has 0 heterocycles. The molecule has 0 unspecified atom stereocenters. The first-order valence-corrected chi connectivity index (χ1v) is 9.32. The molecular weight excluding hydrogens is 258 g/mol. The molecule has 0 atom stereocenters. The third kappa shape index (κ3) is 13.3. The fraction of sp³-hybridized carbons (Fsp3) is 1.00. The van der Waals surface area contributed by atoms with Crippen LogP contribution in [0.15, 0.2) is 0 Å². The summed E-state index contributed by atoms with van der Waals surface area (Å²) in [4.78, 5) is 0. The van der Waals surface area contributed by atoms with Crippen LogP contribution in [0.5, 0.6) is 0 Å². The summed E-state index contributed by atoms with van der Waals surface area (Å²) in [6.45, 7) is 10.7. The van der Waals surface area contributed by atoms with Gasteiger partial charge in [0.25, 0.3) is 0 Å². The van der Waals surface area contributed by atoms with Crippen molar-refractivity contribution < 1.29 is 4.74 Å². The molecule has 0 saturated carbocycles. The Balaban J connectivity index is 4.14. The van der Waals surface area contributed by atoms with Gasteiger partial charge in [-0.3, -0.25) is 0 Å². The third-order valence-corrected chi connectivity index (χ3v) is 4.13. The van der Waals surface area contributed by atoms with Crippen molar-refractivity contribution >= 4 is 0 Å². The molecule has 0 aromatic carbocycles. The minimum atomic E-state index is -0.526. The summed E-state index contributed by atoms with van der Waals surface area (Å²) in [6.07, 6.45) is 15.5. The Morgan fingerprint density at radius 2 is 1.05 bits per heavy atom. The number of hydrogen-bond acceptors (Lipinski definition) is 2. The molecule has 0 saturated heterocycles. The third-order valence-electron chi connectivity index (χ3n) is 4.13. The maximum atomic E-state index is 6.22. The lowest BCUT2D eigenvalue weighted by Gasteiger charge is -2.37. The Labute approximate surface area is 134 Å². The van der Waals surface area contributed by atoms with Crippen molar-refractivity contribution in [2.45, 2.75) is 123 Å². The van der Waals surface area contributed by atoms with Crippen LogP contribution in [0.25, 0.3) is 0 Å². The Morgan fingerprint density at radius 1 is 0.667 bits per heavy atom. The van der Waals surface area contributed by atoms with Gasteiger partial charge in [-0.1, -0.05) is 78.1 Å². The molecule has 0 aliphatic heterocycles. The molecular formula is C19H41NO. The lowest BCUT2D eigenvalue weighted by atomic mass is 9.90. The Morgan fingerprint density at radius 3 is 1.38 bits per heavy atom. The van der Waals surface area contributed by atoms with Crippen LogP contribution >= 0.6 is 0 Å². The van der Waals surface area contributed by atoms with E-state index in [9.17, 15) is 0 Å². The molecule has 0 aliphatic rings. The van der Waals surface area contributed by atoms with E-state index in [-0.39, 0.29) is 5.60 Å². The van der Waals surface area contributed by atoms with Crippen LogP contribution in [0.2, 0.25) is 0 Å². The first-order valence-electron chi connectivity index (χ1n) is 9.32. The van der Waals surface area contributed by atoms with Crippen LogP contribution in [0.4, 0.5) is 0 Å². The number of ether oxygens (including phenoxy) is 1. The predicted octanol–water partition coefficient (Wildman–Crippen LogP) is 6.18. The second-order valence-corrected chi connectivity index (χ2v) is 7.48. The molecule has 0 fully saturated rings. The van der Waals surface area contributed by atoms with Gasteiger partial charge in [0, 0.05) is 0 Å². The highest BCUT2D eigenvalue weighted by atomic mass is 16.5. The summed E-state index contributed by atoms with van der Waals surface area (Å²) in [5, 5.41) is 0. The molecule has 2 nitrogen and oxygen atoms in total. The van der Waals surface area contributed by atoms with Crippen LogP contribution in [0, 0.1) is 0 Å². The van der Waals surface area contributed by atoms with Crippen LogP contribution < -0.4 is 5.73 Å². The van der Waals surface area contributed by atoms with E-state index in [1.165, 1.54) is 64.2 Å². The maximum absolute atomic E-state index is 6.22. The predicted molar refractivity (Wildman–Crippen MR) is 94.5 cm³/mol. The summed E-state index contributed by atoms with van der Waals surface area (Å²) in [6, 6.07) is 0. The lowest BCUT2D eigenvalue weighted by molar-refractivity contribution is -0.137. The van der Waals surface area contributed by atoms with Gasteiger partial charge in [0.05, 0.1) is 5.60 Å². The molecule has 21 heavy (non-hydrogen) atoms. The van der Waals surface area contributed by atoms with E-state index < -0.39 is 5.72 Å². The van der Waals surface area contributed by atoms with Crippen molar-refractivity contribution in [1.82, 2.24) is 0 Å². The van der Waals surface area contributed by atoms with Crippen LogP contribution in [0.3, 0.4) is 0 Å². The highest BCUT2D eigenvalue weighted by molar-refractivity contribution is 4.79. The summed E-state index contributed by atoms with van der Waals surface area (Å²) >= 11 is 0. The molecule has 2 heteroatoms. The molecule has 0 aromatic heterocycles. The van der Waals surface area contributed by atoms with Crippen molar-refractivity contribution in [2.75, 3.05) is 0 Å². The maximum Gasteiger partial charge on any atom is 0.111 e. The largest absolute Gasteiger partial charge is 0.355 e. The topological polar surface area (TPSA) is 35.2 Å².